The van der Waals surface area contributed by atoms with Crippen molar-refractivity contribution in [1.29, 1.82) is 0 Å². The maximum Gasteiger partial charge on any atom is 0.461 e. The van der Waals surface area contributed by atoms with Crippen molar-refractivity contribution in [3.8, 4) is 5.75 Å². The van der Waals surface area contributed by atoms with Crippen molar-refractivity contribution in [2.45, 2.75) is 37.8 Å². The fourth-order valence-electron chi connectivity index (χ4n) is 2.06. The summed E-state index contributed by atoms with van der Waals surface area (Å²) in [6.45, 7) is 0. The Bertz CT molecular complexity index is 440. The van der Waals surface area contributed by atoms with E-state index < -0.39 is 12.5 Å². The highest BCUT2D eigenvalue weighted by molar-refractivity contribution is 5.85. The van der Waals surface area contributed by atoms with E-state index in [9.17, 15) is 17.6 Å². The first-order valence-electron chi connectivity index (χ1n) is 6.10. The Morgan fingerprint density at radius 3 is 2.40 bits per heavy atom. The van der Waals surface area contributed by atoms with Crippen LogP contribution in [0.3, 0.4) is 0 Å². The summed E-state index contributed by atoms with van der Waals surface area (Å²) in [4.78, 5) is 0. The average molecular weight is 314 g/mol. The first-order chi connectivity index (χ1) is 8.90. The van der Waals surface area contributed by atoms with Crippen molar-refractivity contribution in [2.75, 3.05) is 0 Å². The van der Waals surface area contributed by atoms with Gasteiger partial charge in [0.2, 0.25) is 0 Å². The van der Waals surface area contributed by atoms with Gasteiger partial charge in [-0.3, -0.25) is 0 Å². The third-order valence-electron chi connectivity index (χ3n) is 3.41. The zero-order valence-corrected chi connectivity index (χ0v) is 11.4. The molecule has 0 bridgehead atoms. The van der Waals surface area contributed by atoms with Gasteiger partial charge in [-0.15, -0.1) is 12.4 Å². The van der Waals surface area contributed by atoms with Crippen LogP contribution in [0.4, 0.5) is 17.6 Å². The van der Waals surface area contributed by atoms with E-state index in [1.807, 2.05) is 0 Å². The number of nitrogens with two attached hydrogens (primary N) is 1. The smallest absolute Gasteiger partial charge is 0.428 e. The number of hydrogen-bond donors (Lipinski definition) is 1. The average Bonchev–Trinajstić information content (AvgIpc) is 2.26. The van der Waals surface area contributed by atoms with Gasteiger partial charge in [-0.2, -0.15) is 17.6 Å². The van der Waals surface area contributed by atoms with Crippen molar-refractivity contribution < 1.29 is 22.3 Å². The molecular formula is C13H16ClF4NO. The topological polar surface area (TPSA) is 35.2 Å². The number of ether oxygens (including phenoxy) is 1. The maximum atomic E-state index is 12.8. The number of benzene rings is 1. The first-order valence-corrected chi connectivity index (χ1v) is 6.10. The lowest BCUT2D eigenvalue weighted by Gasteiger charge is -2.31. The van der Waals surface area contributed by atoms with Crippen molar-refractivity contribution in [1.82, 2.24) is 0 Å². The molecule has 0 heterocycles. The molecule has 7 heteroatoms. The zero-order chi connectivity index (χ0) is 14.0. The lowest BCUT2D eigenvalue weighted by Crippen LogP contribution is -2.33. The molecule has 0 unspecified atom stereocenters. The van der Waals surface area contributed by atoms with Gasteiger partial charge in [0.25, 0.3) is 0 Å². The van der Waals surface area contributed by atoms with Gasteiger partial charge < -0.3 is 10.5 Å². The SMILES string of the molecule is Cl.N[C@H](c1cccc(OC(F)(F)C(F)F)c1)C1CCC1. The monoisotopic (exact) mass is 313 g/mol. The lowest BCUT2D eigenvalue weighted by atomic mass is 9.77. The Balaban J connectivity index is 0.00000200. The molecule has 1 saturated carbocycles. The molecule has 1 aromatic carbocycles. The molecule has 0 saturated heterocycles. The Morgan fingerprint density at radius 2 is 1.90 bits per heavy atom. The summed E-state index contributed by atoms with van der Waals surface area (Å²) in [7, 11) is 0. The number of halogens is 5. The highest BCUT2D eigenvalue weighted by Crippen LogP contribution is 2.37. The van der Waals surface area contributed by atoms with Gasteiger partial charge in [-0.05, 0) is 36.5 Å². The van der Waals surface area contributed by atoms with E-state index in [0.717, 1.165) is 19.3 Å². The number of hydrogen-bond acceptors (Lipinski definition) is 2. The summed E-state index contributed by atoms with van der Waals surface area (Å²) in [6.07, 6.45) is -5.24. The van der Waals surface area contributed by atoms with Gasteiger partial charge in [0.15, 0.2) is 0 Å². The van der Waals surface area contributed by atoms with Gasteiger partial charge >= 0.3 is 12.5 Å². The molecule has 2 rings (SSSR count). The molecule has 20 heavy (non-hydrogen) atoms. The Kier molecular flexibility index (Phi) is 5.65. The second-order valence-corrected chi connectivity index (χ2v) is 4.75. The van der Waals surface area contributed by atoms with Crippen LogP contribution in [0.1, 0.15) is 30.9 Å². The molecular weight excluding hydrogens is 298 g/mol. The van der Waals surface area contributed by atoms with E-state index in [4.69, 9.17) is 5.73 Å². The largest absolute Gasteiger partial charge is 0.461 e. The molecule has 0 amide bonds. The fraction of sp³-hybridized carbons (Fsp3) is 0.538. The molecule has 0 aromatic heterocycles. The summed E-state index contributed by atoms with van der Waals surface area (Å²) < 4.78 is 53.7. The second-order valence-electron chi connectivity index (χ2n) is 4.75. The molecule has 1 aliphatic rings. The van der Waals surface area contributed by atoms with Gasteiger partial charge in [-0.25, -0.2) is 0 Å². The van der Waals surface area contributed by atoms with Crippen LogP contribution in [0.5, 0.6) is 5.75 Å². The van der Waals surface area contributed by atoms with Crippen LogP contribution < -0.4 is 10.5 Å². The van der Waals surface area contributed by atoms with E-state index in [0.29, 0.717) is 11.5 Å². The normalized spacial score (nSPS) is 17.3. The zero-order valence-electron chi connectivity index (χ0n) is 10.6. The van der Waals surface area contributed by atoms with E-state index in [-0.39, 0.29) is 24.2 Å². The first kappa shape index (κ1) is 17.0. The van der Waals surface area contributed by atoms with Gasteiger partial charge in [0.05, 0.1) is 0 Å². The third kappa shape index (κ3) is 3.76. The molecule has 1 aromatic rings. The molecule has 114 valence electrons. The Hall–Kier alpha value is -1.01. The summed E-state index contributed by atoms with van der Waals surface area (Å²) in [6, 6.07) is 5.42. The highest BCUT2D eigenvalue weighted by Gasteiger charge is 2.44. The molecule has 2 N–H and O–H groups in total. The molecule has 1 aliphatic carbocycles. The minimum atomic E-state index is -4.49. The van der Waals surface area contributed by atoms with Gasteiger partial charge in [-0.1, -0.05) is 18.6 Å². The summed E-state index contributed by atoms with van der Waals surface area (Å²) in [5.74, 6) is 0.0310. The summed E-state index contributed by atoms with van der Waals surface area (Å²) in [5.41, 5.74) is 6.63. The molecule has 2 nitrogen and oxygen atoms in total. The van der Waals surface area contributed by atoms with Crippen LogP contribution in [0.15, 0.2) is 24.3 Å². The summed E-state index contributed by atoms with van der Waals surface area (Å²) >= 11 is 0. The van der Waals surface area contributed by atoms with Gasteiger partial charge in [0.1, 0.15) is 5.75 Å². The van der Waals surface area contributed by atoms with Crippen molar-refractivity contribution in [3.63, 3.8) is 0 Å². The van der Waals surface area contributed by atoms with Gasteiger partial charge in [0, 0.05) is 6.04 Å². The number of rotatable bonds is 5. The Labute approximate surface area is 120 Å². The quantitative estimate of drug-likeness (QED) is 0.829. The highest BCUT2D eigenvalue weighted by atomic mass is 35.5. The fourth-order valence-corrected chi connectivity index (χ4v) is 2.06. The standard InChI is InChI=1S/C13H15F4NO.ClH/c14-12(15)13(16,17)19-10-6-2-5-9(7-10)11(18)8-3-1-4-8;/h2,5-8,11-12H,1,3-4,18H2;1H/t11-;/m0./s1. The molecule has 1 atom stereocenters. The minimum absolute atomic E-state index is 0. The molecule has 0 aliphatic heterocycles. The van der Waals surface area contributed by atoms with Crippen LogP contribution in [0, 0.1) is 5.92 Å². The van der Waals surface area contributed by atoms with Crippen molar-refractivity contribution >= 4 is 12.4 Å². The second kappa shape index (κ2) is 6.63. The summed E-state index contributed by atoms with van der Waals surface area (Å²) in [5, 5.41) is 0. The van der Waals surface area contributed by atoms with Crippen LogP contribution in [0.2, 0.25) is 0 Å². The predicted molar refractivity (Wildman–Crippen MR) is 69.5 cm³/mol. The number of alkyl halides is 4. The maximum absolute atomic E-state index is 12.8. The van der Waals surface area contributed by atoms with Crippen LogP contribution in [-0.4, -0.2) is 12.5 Å². The molecule has 0 spiro atoms. The minimum Gasteiger partial charge on any atom is -0.428 e. The van der Waals surface area contributed by atoms with E-state index >= 15 is 0 Å². The predicted octanol–water partition coefficient (Wildman–Crippen LogP) is 4.15. The van der Waals surface area contributed by atoms with E-state index in [1.165, 1.54) is 18.2 Å². The van der Waals surface area contributed by atoms with E-state index in [2.05, 4.69) is 4.74 Å². The van der Waals surface area contributed by atoms with Crippen LogP contribution >= 0.6 is 12.4 Å². The van der Waals surface area contributed by atoms with Crippen molar-refractivity contribution in [3.05, 3.63) is 29.8 Å². The van der Waals surface area contributed by atoms with Crippen LogP contribution in [-0.2, 0) is 0 Å². The molecule has 1 fully saturated rings. The lowest BCUT2D eigenvalue weighted by molar-refractivity contribution is -0.253. The van der Waals surface area contributed by atoms with Crippen LogP contribution in [0.25, 0.3) is 0 Å². The Morgan fingerprint density at radius 1 is 1.25 bits per heavy atom. The molecule has 0 radical (unpaired) electrons. The van der Waals surface area contributed by atoms with Crippen molar-refractivity contribution in [2.24, 2.45) is 11.7 Å². The third-order valence-corrected chi connectivity index (χ3v) is 3.41. The van der Waals surface area contributed by atoms with E-state index in [1.54, 1.807) is 6.07 Å².